The van der Waals surface area contributed by atoms with Crippen molar-refractivity contribution in [2.45, 2.75) is 25.8 Å². The molecule has 0 aliphatic carbocycles. The van der Waals surface area contributed by atoms with E-state index in [1.807, 2.05) is 19.1 Å². The van der Waals surface area contributed by atoms with Gasteiger partial charge in [0.05, 0.1) is 12.6 Å². The Morgan fingerprint density at radius 2 is 2.06 bits per heavy atom. The second-order valence-electron chi connectivity index (χ2n) is 4.75. The van der Waals surface area contributed by atoms with E-state index in [1.54, 1.807) is 0 Å². The Labute approximate surface area is 108 Å². The van der Waals surface area contributed by atoms with Crippen molar-refractivity contribution in [2.75, 3.05) is 19.7 Å². The summed E-state index contributed by atoms with van der Waals surface area (Å²) in [6.45, 7) is 4.94. The first-order valence-corrected chi connectivity index (χ1v) is 6.74. The number of hydrogen-bond acceptors (Lipinski definition) is 3. The van der Waals surface area contributed by atoms with Crippen LogP contribution in [0, 0.1) is 0 Å². The van der Waals surface area contributed by atoms with Crippen molar-refractivity contribution < 1.29 is 9.47 Å². The summed E-state index contributed by atoms with van der Waals surface area (Å²) >= 11 is 0. The average Bonchev–Trinajstić information content (AvgIpc) is 2.92. The molecular weight excluding hydrogens is 226 g/mol. The second-order valence-corrected chi connectivity index (χ2v) is 4.75. The van der Waals surface area contributed by atoms with E-state index in [4.69, 9.17) is 9.47 Å². The number of nitrogens with zero attached hydrogens (tertiary/aromatic N) is 1. The molecule has 0 saturated carbocycles. The van der Waals surface area contributed by atoms with Crippen LogP contribution in [0.2, 0.25) is 0 Å². The summed E-state index contributed by atoms with van der Waals surface area (Å²) in [6.07, 6.45) is 4.69. The molecule has 96 valence electrons. The normalized spacial score (nSPS) is 23.2. The molecule has 0 aromatic heterocycles. The number of rotatable bonds is 3. The van der Waals surface area contributed by atoms with Crippen molar-refractivity contribution in [2.24, 2.45) is 0 Å². The molecule has 1 aromatic carbocycles. The molecule has 2 heterocycles. The minimum atomic E-state index is 0.305. The Morgan fingerprint density at radius 1 is 1.28 bits per heavy atom. The Bertz CT molecular complexity index is 450. The molecule has 2 aliphatic heterocycles. The number of likely N-dealkylation sites (tertiary alicyclic amines) is 1. The zero-order valence-electron chi connectivity index (χ0n) is 10.8. The van der Waals surface area contributed by atoms with Crippen molar-refractivity contribution >= 4 is 0 Å². The third-order valence-electron chi connectivity index (χ3n) is 3.56. The molecule has 1 fully saturated rings. The highest BCUT2D eigenvalue weighted by atomic mass is 16.7. The zero-order valence-corrected chi connectivity index (χ0v) is 10.8. The lowest BCUT2D eigenvalue weighted by molar-refractivity contribution is 0.101. The first kappa shape index (κ1) is 11.6. The molecule has 2 aliphatic rings. The quantitative estimate of drug-likeness (QED) is 0.816. The molecule has 1 saturated heterocycles. The summed E-state index contributed by atoms with van der Waals surface area (Å²) < 4.78 is 11.3. The van der Waals surface area contributed by atoms with Crippen molar-refractivity contribution in [1.82, 2.24) is 4.90 Å². The van der Waals surface area contributed by atoms with Gasteiger partial charge in [-0.25, -0.2) is 0 Å². The van der Waals surface area contributed by atoms with E-state index in [2.05, 4.69) is 23.1 Å². The van der Waals surface area contributed by atoms with Crippen molar-refractivity contribution in [3.8, 4) is 5.75 Å². The van der Waals surface area contributed by atoms with Crippen molar-refractivity contribution in [3.63, 3.8) is 0 Å². The van der Waals surface area contributed by atoms with E-state index in [-0.39, 0.29) is 0 Å². The fourth-order valence-corrected chi connectivity index (χ4v) is 2.72. The highest BCUT2D eigenvalue weighted by Crippen LogP contribution is 2.37. The molecule has 0 bridgehead atoms. The van der Waals surface area contributed by atoms with Crippen LogP contribution in [0.1, 0.15) is 31.4 Å². The molecule has 0 N–H and O–H groups in total. The van der Waals surface area contributed by atoms with Gasteiger partial charge in [0.25, 0.3) is 5.95 Å². The van der Waals surface area contributed by atoms with Crippen molar-refractivity contribution in [3.05, 3.63) is 41.9 Å². The minimum absolute atomic E-state index is 0.305. The Morgan fingerprint density at radius 3 is 2.83 bits per heavy atom. The summed E-state index contributed by atoms with van der Waals surface area (Å²) in [4.78, 5) is 2.50. The summed E-state index contributed by atoms with van der Waals surface area (Å²) in [7, 11) is 0. The lowest BCUT2D eigenvalue weighted by Gasteiger charge is -2.30. The summed E-state index contributed by atoms with van der Waals surface area (Å²) in [5.74, 6) is 1.58. The van der Waals surface area contributed by atoms with Gasteiger partial charge in [-0.05, 0) is 38.9 Å². The lowest BCUT2D eigenvalue weighted by atomic mass is 10.0. The van der Waals surface area contributed by atoms with Gasteiger partial charge < -0.3 is 9.47 Å². The van der Waals surface area contributed by atoms with Crippen LogP contribution in [-0.2, 0) is 4.74 Å². The highest BCUT2D eigenvalue weighted by molar-refractivity contribution is 5.41. The van der Waals surface area contributed by atoms with E-state index in [0.29, 0.717) is 18.6 Å². The van der Waals surface area contributed by atoms with Gasteiger partial charge in [0.2, 0.25) is 0 Å². The summed E-state index contributed by atoms with van der Waals surface area (Å²) in [6, 6.07) is 8.56. The standard InChI is InChI=1S/C15H19NO2/c1-2-17-15-11-13(16-9-5-6-10-16)12-7-3-4-8-14(12)18-15/h3-4,7-8,11,13H,2,5-6,9-10H2,1H3. The van der Waals surface area contributed by atoms with Crippen LogP contribution in [0.4, 0.5) is 0 Å². The van der Waals surface area contributed by atoms with E-state index in [1.165, 1.54) is 18.4 Å². The Hall–Kier alpha value is -1.48. The number of para-hydroxylation sites is 1. The van der Waals surface area contributed by atoms with Gasteiger partial charge in [-0.1, -0.05) is 18.2 Å². The lowest BCUT2D eigenvalue weighted by Crippen LogP contribution is -2.27. The van der Waals surface area contributed by atoms with Gasteiger partial charge in [0.1, 0.15) is 5.75 Å². The molecule has 0 spiro atoms. The topological polar surface area (TPSA) is 21.7 Å². The van der Waals surface area contributed by atoms with Gasteiger partial charge >= 0.3 is 0 Å². The first-order valence-electron chi connectivity index (χ1n) is 6.74. The smallest absolute Gasteiger partial charge is 0.282 e. The fourth-order valence-electron chi connectivity index (χ4n) is 2.72. The van der Waals surface area contributed by atoms with Crippen LogP contribution in [0.5, 0.6) is 5.75 Å². The van der Waals surface area contributed by atoms with E-state index in [0.717, 1.165) is 18.8 Å². The maximum Gasteiger partial charge on any atom is 0.282 e. The van der Waals surface area contributed by atoms with Gasteiger partial charge in [-0.15, -0.1) is 0 Å². The first-order chi connectivity index (χ1) is 8.88. The van der Waals surface area contributed by atoms with Crippen molar-refractivity contribution in [1.29, 1.82) is 0 Å². The number of ether oxygens (including phenoxy) is 2. The monoisotopic (exact) mass is 245 g/mol. The Balaban J connectivity index is 1.93. The molecule has 18 heavy (non-hydrogen) atoms. The highest BCUT2D eigenvalue weighted by Gasteiger charge is 2.28. The second kappa shape index (κ2) is 5.02. The van der Waals surface area contributed by atoms with E-state index in [9.17, 15) is 0 Å². The molecule has 0 amide bonds. The van der Waals surface area contributed by atoms with Gasteiger partial charge in [-0.3, -0.25) is 4.90 Å². The molecule has 3 heteroatoms. The third kappa shape index (κ3) is 2.10. The van der Waals surface area contributed by atoms with Crippen LogP contribution in [-0.4, -0.2) is 24.6 Å². The van der Waals surface area contributed by atoms with Crippen LogP contribution in [0.3, 0.4) is 0 Å². The molecule has 3 rings (SSSR count). The Kier molecular flexibility index (Phi) is 3.24. The van der Waals surface area contributed by atoms with Gasteiger partial charge in [0, 0.05) is 11.6 Å². The maximum atomic E-state index is 5.77. The predicted molar refractivity (Wildman–Crippen MR) is 70.3 cm³/mol. The number of hydrogen-bond donors (Lipinski definition) is 0. The molecule has 1 unspecified atom stereocenters. The van der Waals surface area contributed by atoms with Crippen LogP contribution < -0.4 is 4.74 Å². The SMILES string of the molecule is CCOC1=CC(N2CCCC2)c2ccccc2O1. The molecule has 0 radical (unpaired) electrons. The summed E-state index contributed by atoms with van der Waals surface area (Å²) in [5, 5.41) is 0. The van der Waals surface area contributed by atoms with Gasteiger partial charge in [0.15, 0.2) is 0 Å². The minimum Gasteiger partial charge on any atom is -0.466 e. The summed E-state index contributed by atoms with van der Waals surface area (Å²) in [5.41, 5.74) is 1.25. The number of fused-ring (bicyclic) bond motifs is 1. The molecule has 1 atom stereocenters. The molecule has 3 nitrogen and oxygen atoms in total. The largest absolute Gasteiger partial charge is 0.466 e. The average molecular weight is 245 g/mol. The van der Waals surface area contributed by atoms with Crippen LogP contribution in [0.15, 0.2) is 36.3 Å². The maximum absolute atomic E-state index is 5.77. The molecule has 1 aromatic rings. The number of benzene rings is 1. The van der Waals surface area contributed by atoms with Crippen LogP contribution >= 0.6 is 0 Å². The predicted octanol–water partition coefficient (Wildman–Crippen LogP) is 3.09. The fraction of sp³-hybridized carbons (Fsp3) is 0.467. The van der Waals surface area contributed by atoms with E-state index < -0.39 is 0 Å². The third-order valence-corrected chi connectivity index (χ3v) is 3.56. The van der Waals surface area contributed by atoms with Gasteiger partial charge in [-0.2, -0.15) is 0 Å². The molecular formula is C15H19NO2. The van der Waals surface area contributed by atoms with E-state index >= 15 is 0 Å². The van der Waals surface area contributed by atoms with Crippen LogP contribution in [0.25, 0.3) is 0 Å². The zero-order chi connectivity index (χ0) is 12.4.